The lowest BCUT2D eigenvalue weighted by atomic mass is 9.75. The highest BCUT2D eigenvalue weighted by molar-refractivity contribution is 5.98. The largest absolute Gasteiger partial charge is 0.480 e. The second-order valence-electron chi connectivity index (χ2n) is 7.86. The predicted octanol–water partition coefficient (Wildman–Crippen LogP) is 3.08. The minimum absolute atomic E-state index is 0.0582. The molecule has 2 rings (SSSR count). The van der Waals surface area contributed by atoms with Crippen molar-refractivity contribution in [3.63, 3.8) is 0 Å². The van der Waals surface area contributed by atoms with Gasteiger partial charge in [0.05, 0.1) is 25.7 Å². The van der Waals surface area contributed by atoms with Crippen molar-refractivity contribution in [3.8, 4) is 0 Å². The number of hydrogen-bond acceptors (Lipinski definition) is 6. The summed E-state index contributed by atoms with van der Waals surface area (Å²) in [7, 11) is 1.28. The minimum Gasteiger partial charge on any atom is -0.480 e. The summed E-state index contributed by atoms with van der Waals surface area (Å²) in [5.74, 6) is -3.58. The Morgan fingerprint density at radius 2 is 1.63 bits per heavy atom. The van der Waals surface area contributed by atoms with E-state index in [0.29, 0.717) is 12.0 Å². The first-order valence-corrected chi connectivity index (χ1v) is 9.98. The van der Waals surface area contributed by atoms with Gasteiger partial charge in [0.2, 0.25) is 0 Å². The average molecular weight is 420 g/mol. The standard InChI is InChI=1S/C22H28O8/c1-3-30-17(23)14-21(10-11-21)12-13-22(19(25)26,20(27)28)9-8-15-4-6-16(7-5-15)18(24)29-2/h4-7H,3,8-14H2,1-2H3,(H,25,26)(H,27,28). The highest BCUT2D eigenvalue weighted by atomic mass is 16.5. The van der Waals surface area contributed by atoms with Gasteiger partial charge in [0.1, 0.15) is 0 Å². The zero-order valence-corrected chi connectivity index (χ0v) is 17.3. The lowest BCUT2D eigenvalue weighted by Crippen LogP contribution is -2.40. The van der Waals surface area contributed by atoms with Gasteiger partial charge in [-0.15, -0.1) is 0 Å². The molecule has 1 fully saturated rings. The smallest absolute Gasteiger partial charge is 0.337 e. The third-order valence-electron chi connectivity index (χ3n) is 5.90. The molecule has 164 valence electrons. The summed E-state index contributed by atoms with van der Waals surface area (Å²) in [5.41, 5.74) is -1.21. The molecular formula is C22H28O8. The zero-order chi connectivity index (χ0) is 22.4. The molecule has 0 spiro atoms. The molecule has 1 aromatic carbocycles. The molecule has 0 atom stereocenters. The van der Waals surface area contributed by atoms with Gasteiger partial charge in [0.25, 0.3) is 0 Å². The van der Waals surface area contributed by atoms with E-state index in [9.17, 15) is 29.4 Å². The van der Waals surface area contributed by atoms with Gasteiger partial charge in [0.15, 0.2) is 5.41 Å². The fourth-order valence-corrected chi connectivity index (χ4v) is 3.62. The van der Waals surface area contributed by atoms with Crippen molar-refractivity contribution in [1.29, 1.82) is 0 Å². The first kappa shape index (κ1) is 23.4. The van der Waals surface area contributed by atoms with Gasteiger partial charge in [0, 0.05) is 0 Å². The lowest BCUT2D eigenvalue weighted by molar-refractivity contribution is -0.166. The van der Waals surface area contributed by atoms with Gasteiger partial charge in [-0.2, -0.15) is 0 Å². The summed E-state index contributed by atoms with van der Waals surface area (Å²) < 4.78 is 9.62. The Labute approximate surface area is 175 Å². The molecule has 0 radical (unpaired) electrons. The highest BCUT2D eigenvalue weighted by Gasteiger charge is 2.51. The van der Waals surface area contributed by atoms with Crippen molar-refractivity contribution >= 4 is 23.9 Å². The fourth-order valence-electron chi connectivity index (χ4n) is 3.62. The summed E-state index contributed by atoms with van der Waals surface area (Å²) in [6, 6.07) is 6.43. The van der Waals surface area contributed by atoms with Crippen LogP contribution >= 0.6 is 0 Å². The summed E-state index contributed by atoms with van der Waals surface area (Å²) >= 11 is 0. The SMILES string of the molecule is CCOC(=O)CC1(CCC(CCc2ccc(C(=O)OC)cc2)(C(=O)O)C(=O)O)CC1. The van der Waals surface area contributed by atoms with E-state index in [1.54, 1.807) is 31.2 Å². The molecule has 0 bridgehead atoms. The summed E-state index contributed by atoms with van der Waals surface area (Å²) in [6.07, 6.45) is 2.12. The normalized spacial score (nSPS) is 14.6. The second-order valence-corrected chi connectivity index (χ2v) is 7.86. The minimum atomic E-state index is -1.94. The van der Waals surface area contributed by atoms with Gasteiger partial charge < -0.3 is 19.7 Å². The first-order valence-electron chi connectivity index (χ1n) is 9.98. The van der Waals surface area contributed by atoms with Crippen LogP contribution in [0.2, 0.25) is 0 Å². The van der Waals surface area contributed by atoms with E-state index in [4.69, 9.17) is 4.74 Å². The monoisotopic (exact) mass is 420 g/mol. The van der Waals surface area contributed by atoms with Gasteiger partial charge in [-0.25, -0.2) is 4.79 Å². The highest BCUT2D eigenvalue weighted by Crippen LogP contribution is 2.54. The lowest BCUT2D eigenvalue weighted by Gasteiger charge is -2.27. The number of hydrogen-bond donors (Lipinski definition) is 2. The molecule has 1 saturated carbocycles. The molecule has 1 aromatic rings. The summed E-state index contributed by atoms with van der Waals surface area (Å²) in [6.45, 7) is 1.99. The van der Waals surface area contributed by atoms with Crippen LogP contribution in [0.25, 0.3) is 0 Å². The summed E-state index contributed by atoms with van der Waals surface area (Å²) in [4.78, 5) is 47.3. The number of ether oxygens (including phenoxy) is 2. The van der Waals surface area contributed by atoms with Gasteiger partial charge >= 0.3 is 23.9 Å². The van der Waals surface area contributed by atoms with E-state index < -0.39 is 23.3 Å². The van der Waals surface area contributed by atoms with Crippen molar-refractivity contribution in [3.05, 3.63) is 35.4 Å². The zero-order valence-electron chi connectivity index (χ0n) is 17.3. The van der Waals surface area contributed by atoms with E-state index in [-0.39, 0.29) is 43.7 Å². The molecule has 2 N–H and O–H groups in total. The molecule has 0 amide bonds. The van der Waals surface area contributed by atoms with Crippen LogP contribution in [0, 0.1) is 10.8 Å². The number of rotatable bonds is 12. The van der Waals surface area contributed by atoms with Crippen LogP contribution in [0.1, 0.15) is 61.4 Å². The maximum absolute atomic E-state index is 12.0. The van der Waals surface area contributed by atoms with E-state index in [1.807, 2.05) is 0 Å². The number of methoxy groups -OCH3 is 1. The second kappa shape index (κ2) is 9.73. The Morgan fingerprint density at radius 3 is 2.10 bits per heavy atom. The number of carboxylic acid groups (broad SMARTS) is 2. The molecule has 8 heteroatoms. The molecule has 1 aliphatic rings. The quantitative estimate of drug-likeness (QED) is 0.390. The Hall–Kier alpha value is -2.90. The maximum Gasteiger partial charge on any atom is 0.337 e. The van der Waals surface area contributed by atoms with Crippen LogP contribution in [0.5, 0.6) is 0 Å². The number of esters is 2. The van der Waals surface area contributed by atoms with Gasteiger partial charge in [-0.05, 0) is 68.6 Å². The molecule has 0 heterocycles. The number of benzene rings is 1. The van der Waals surface area contributed by atoms with Crippen molar-refractivity contribution in [2.24, 2.45) is 10.8 Å². The van der Waals surface area contributed by atoms with Gasteiger partial charge in [-0.3, -0.25) is 14.4 Å². The van der Waals surface area contributed by atoms with Crippen molar-refractivity contribution in [1.82, 2.24) is 0 Å². The third kappa shape index (κ3) is 5.58. The Kier molecular flexibility index (Phi) is 7.59. The Bertz CT molecular complexity index is 778. The van der Waals surface area contributed by atoms with Crippen LogP contribution in [-0.2, 0) is 30.3 Å². The average Bonchev–Trinajstić information content (AvgIpc) is 3.47. The van der Waals surface area contributed by atoms with E-state index in [1.165, 1.54) is 7.11 Å². The molecule has 0 aromatic heterocycles. The maximum atomic E-state index is 12.0. The Morgan fingerprint density at radius 1 is 1.03 bits per heavy atom. The fraction of sp³-hybridized carbons (Fsp3) is 0.545. The number of carbonyl (C=O) groups is 4. The van der Waals surface area contributed by atoms with Crippen molar-refractivity contribution in [2.75, 3.05) is 13.7 Å². The molecular weight excluding hydrogens is 392 g/mol. The number of carbonyl (C=O) groups excluding carboxylic acids is 2. The molecule has 30 heavy (non-hydrogen) atoms. The summed E-state index contributed by atoms with van der Waals surface area (Å²) in [5, 5.41) is 19.5. The number of carboxylic acids is 2. The van der Waals surface area contributed by atoms with Gasteiger partial charge in [-0.1, -0.05) is 12.1 Å². The topological polar surface area (TPSA) is 127 Å². The third-order valence-corrected chi connectivity index (χ3v) is 5.90. The first-order chi connectivity index (χ1) is 14.2. The van der Waals surface area contributed by atoms with E-state index in [2.05, 4.69) is 4.74 Å². The van der Waals surface area contributed by atoms with Crippen LogP contribution in [0.15, 0.2) is 24.3 Å². The molecule has 8 nitrogen and oxygen atoms in total. The molecule has 0 saturated heterocycles. The number of aryl methyl sites for hydroxylation is 1. The van der Waals surface area contributed by atoms with Crippen LogP contribution < -0.4 is 0 Å². The molecule has 0 unspecified atom stereocenters. The molecule has 1 aliphatic carbocycles. The van der Waals surface area contributed by atoms with Crippen molar-refractivity contribution in [2.45, 2.75) is 51.9 Å². The van der Waals surface area contributed by atoms with Crippen LogP contribution in [-0.4, -0.2) is 47.8 Å². The van der Waals surface area contributed by atoms with Crippen LogP contribution in [0.3, 0.4) is 0 Å². The van der Waals surface area contributed by atoms with Crippen LogP contribution in [0.4, 0.5) is 0 Å². The van der Waals surface area contributed by atoms with E-state index >= 15 is 0 Å². The van der Waals surface area contributed by atoms with Crippen molar-refractivity contribution < 1.29 is 38.9 Å². The van der Waals surface area contributed by atoms with E-state index in [0.717, 1.165) is 18.4 Å². The number of aliphatic carboxylic acids is 2. The molecule has 0 aliphatic heterocycles. The predicted molar refractivity (Wildman–Crippen MR) is 106 cm³/mol. The Balaban J connectivity index is 2.08.